The lowest BCUT2D eigenvalue weighted by Crippen LogP contribution is -2.22. The number of carbonyl (C=O) groups is 1. The summed E-state index contributed by atoms with van der Waals surface area (Å²) in [6.45, 7) is 0.380. The number of H-pyrrole nitrogens is 1. The van der Waals surface area contributed by atoms with Crippen LogP contribution in [0.2, 0.25) is 0 Å². The number of aromatic amines is 1. The third-order valence-corrected chi connectivity index (χ3v) is 2.95. The molecule has 0 unspecified atom stereocenters. The zero-order valence-electron chi connectivity index (χ0n) is 11.2. The summed E-state index contributed by atoms with van der Waals surface area (Å²) in [6, 6.07) is 11.3. The molecule has 0 saturated heterocycles. The van der Waals surface area contributed by atoms with Crippen molar-refractivity contribution in [2.24, 2.45) is 0 Å². The predicted octanol–water partition coefficient (Wildman–Crippen LogP) is 1.11. The van der Waals surface area contributed by atoms with E-state index in [0.717, 1.165) is 11.3 Å². The summed E-state index contributed by atoms with van der Waals surface area (Å²) < 4.78 is 1.76. The maximum Gasteiger partial charge on any atom is 0.269 e. The number of aromatic nitrogens is 4. The van der Waals surface area contributed by atoms with Crippen LogP contribution in [0.25, 0.3) is 5.69 Å². The van der Waals surface area contributed by atoms with Crippen molar-refractivity contribution in [1.29, 1.82) is 0 Å². The number of nitrogens with zero attached hydrogens (tertiary/aromatic N) is 3. The molecule has 0 aliphatic carbocycles. The highest BCUT2D eigenvalue weighted by molar-refractivity contribution is 5.92. The van der Waals surface area contributed by atoms with Gasteiger partial charge in [0, 0.05) is 24.4 Å². The van der Waals surface area contributed by atoms with Crippen LogP contribution in [-0.2, 0) is 6.54 Å². The molecule has 0 atom stereocenters. The normalized spacial score (nSPS) is 10.5. The maximum absolute atomic E-state index is 11.8. The van der Waals surface area contributed by atoms with Crippen molar-refractivity contribution in [2.75, 3.05) is 5.73 Å². The number of para-hydroxylation sites is 1. The summed E-state index contributed by atoms with van der Waals surface area (Å²) in [4.78, 5) is 11.8. The first-order valence-corrected chi connectivity index (χ1v) is 6.40. The van der Waals surface area contributed by atoms with Gasteiger partial charge in [0.1, 0.15) is 11.5 Å². The van der Waals surface area contributed by atoms with E-state index in [9.17, 15) is 4.79 Å². The zero-order valence-corrected chi connectivity index (χ0v) is 11.2. The summed E-state index contributed by atoms with van der Waals surface area (Å²) in [5.74, 6) is 0.0312. The standard InChI is InChI=1S/C14H14N6O/c15-13-6-12(18-19-13)14(21)16-7-10-8-17-20(9-10)11-4-2-1-3-5-11/h1-6,8-9H,7H2,(H,16,21)(H3,15,18,19). The minimum atomic E-state index is -0.258. The number of hydrogen-bond acceptors (Lipinski definition) is 4. The predicted molar refractivity (Wildman–Crippen MR) is 77.7 cm³/mol. The van der Waals surface area contributed by atoms with E-state index < -0.39 is 0 Å². The summed E-state index contributed by atoms with van der Waals surface area (Å²) in [6.07, 6.45) is 3.59. The lowest BCUT2D eigenvalue weighted by atomic mass is 10.3. The molecule has 0 saturated carbocycles. The van der Waals surface area contributed by atoms with Gasteiger partial charge in [-0.2, -0.15) is 10.2 Å². The minimum Gasteiger partial charge on any atom is -0.382 e. The second-order valence-corrected chi connectivity index (χ2v) is 4.52. The van der Waals surface area contributed by atoms with Crippen molar-refractivity contribution < 1.29 is 4.79 Å². The number of rotatable bonds is 4. The van der Waals surface area contributed by atoms with E-state index in [0.29, 0.717) is 12.2 Å². The van der Waals surface area contributed by atoms with Gasteiger partial charge in [-0.05, 0) is 12.1 Å². The van der Waals surface area contributed by atoms with Gasteiger partial charge in [-0.15, -0.1) is 0 Å². The van der Waals surface area contributed by atoms with Gasteiger partial charge in [0.15, 0.2) is 0 Å². The number of hydrogen-bond donors (Lipinski definition) is 3. The molecule has 4 N–H and O–H groups in total. The number of carbonyl (C=O) groups excluding carboxylic acids is 1. The Balaban J connectivity index is 1.64. The third kappa shape index (κ3) is 2.92. The Morgan fingerprint density at radius 1 is 1.33 bits per heavy atom. The number of amides is 1. The van der Waals surface area contributed by atoms with Crippen molar-refractivity contribution >= 4 is 11.7 Å². The van der Waals surface area contributed by atoms with Crippen molar-refractivity contribution in [3.63, 3.8) is 0 Å². The molecule has 3 rings (SSSR count). The van der Waals surface area contributed by atoms with E-state index in [2.05, 4.69) is 20.6 Å². The summed E-state index contributed by atoms with van der Waals surface area (Å²) in [5, 5.41) is 13.3. The fraction of sp³-hybridized carbons (Fsp3) is 0.0714. The van der Waals surface area contributed by atoms with Crippen molar-refractivity contribution in [2.45, 2.75) is 6.54 Å². The molecule has 7 nitrogen and oxygen atoms in total. The van der Waals surface area contributed by atoms with Crippen LogP contribution in [0.15, 0.2) is 48.8 Å². The van der Waals surface area contributed by atoms with Gasteiger partial charge in [0.05, 0.1) is 11.9 Å². The van der Waals surface area contributed by atoms with Crippen LogP contribution in [-0.4, -0.2) is 25.9 Å². The number of nitrogens with two attached hydrogens (primary N) is 1. The fourth-order valence-corrected chi connectivity index (χ4v) is 1.90. The Labute approximate surface area is 120 Å². The summed E-state index contributed by atoms with van der Waals surface area (Å²) >= 11 is 0. The molecular formula is C14H14N6O. The van der Waals surface area contributed by atoms with Gasteiger partial charge in [-0.1, -0.05) is 18.2 Å². The van der Waals surface area contributed by atoms with Gasteiger partial charge < -0.3 is 11.1 Å². The van der Waals surface area contributed by atoms with Crippen LogP contribution in [0, 0.1) is 0 Å². The lowest BCUT2D eigenvalue weighted by Gasteiger charge is -2.01. The quantitative estimate of drug-likeness (QED) is 0.667. The molecule has 0 aliphatic rings. The molecular weight excluding hydrogens is 268 g/mol. The molecule has 3 aromatic rings. The smallest absolute Gasteiger partial charge is 0.269 e. The molecule has 0 fully saturated rings. The highest BCUT2D eigenvalue weighted by atomic mass is 16.1. The largest absolute Gasteiger partial charge is 0.382 e. The first kappa shape index (κ1) is 12.9. The fourth-order valence-electron chi connectivity index (χ4n) is 1.90. The highest BCUT2D eigenvalue weighted by Gasteiger charge is 2.09. The van der Waals surface area contributed by atoms with Gasteiger partial charge in [-0.3, -0.25) is 9.89 Å². The van der Waals surface area contributed by atoms with E-state index in [1.165, 1.54) is 6.07 Å². The van der Waals surface area contributed by atoms with Crippen LogP contribution < -0.4 is 11.1 Å². The Morgan fingerprint density at radius 2 is 2.14 bits per heavy atom. The monoisotopic (exact) mass is 282 g/mol. The Bertz CT molecular complexity index is 746. The average molecular weight is 282 g/mol. The molecule has 0 bridgehead atoms. The van der Waals surface area contributed by atoms with Gasteiger partial charge in [0.25, 0.3) is 5.91 Å². The van der Waals surface area contributed by atoms with Crippen LogP contribution in [0.3, 0.4) is 0 Å². The SMILES string of the molecule is Nc1cc(C(=O)NCc2cnn(-c3ccccc3)c2)[nH]n1. The Morgan fingerprint density at radius 3 is 2.86 bits per heavy atom. The number of nitrogen functional groups attached to an aromatic ring is 1. The second kappa shape index (κ2) is 5.49. The Hall–Kier alpha value is -3.09. The molecule has 2 aromatic heterocycles. The van der Waals surface area contributed by atoms with Crippen LogP contribution >= 0.6 is 0 Å². The maximum atomic E-state index is 11.8. The topological polar surface area (TPSA) is 102 Å². The van der Waals surface area contributed by atoms with Gasteiger partial charge >= 0.3 is 0 Å². The van der Waals surface area contributed by atoms with E-state index in [1.807, 2.05) is 36.5 Å². The van der Waals surface area contributed by atoms with Gasteiger partial charge in [0.2, 0.25) is 0 Å². The minimum absolute atomic E-state index is 0.258. The van der Waals surface area contributed by atoms with Crippen LogP contribution in [0.1, 0.15) is 16.1 Å². The molecule has 1 amide bonds. The molecule has 7 heteroatoms. The summed E-state index contributed by atoms with van der Waals surface area (Å²) in [5.41, 5.74) is 7.66. The van der Waals surface area contributed by atoms with E-state index in [4.69, 9.17) is 5.73 Å². The molecule has 0 aliphatic heterocycles. The summed E-state index contributed by atoms with van der Waals surface area (Å²) in [7, 11) is 0. The molecule has 2 heterocycles. The van der Waals surface area contributed by atoms with E-state index >= 15 is 0 Å². The van der Waals surface area contributed by atoms with Crippen molar-refractivity contribution in [3.05, 3.63) is 60.0 Å². The molecule has 0 spiro atoms. The van der Waals surface area contributed by atoms with Crippen LogP contribution in [0.4, 0.5) is 5.82 Å². The lowest BCUT2D eigenvalue weighted by molar-refractivity contribution is 0.0946. The highest BCUT2D eigenvalue weighted by Crippen LogP contribution is 2.08. The third-order valence-electron chi connectivity index (χ3n) is 2.95. The molecule has 1 aromatic carbocycles. The van der Waals surface area contributed by atoms with Gasteiger partial charge in [-0.25, -0.2) is 4.68 Å². The average Bonchev–Trinajstić information content (AvgIpc) is 3.15. The number of anilines is 1. The molecule has 106 valence electrons. The Kier molecular flexibility index (Phi) is 3.38. The number of nitrogens with one attached hydrogen (secondary N) is 2. The van der Waals surface area contributed by atoms with E-state index in [-0.39, 0.29) is 11.7 Å². The first-order valence-electron chi connectivity index (χ1n) is 6.40. The van der Waals surface area contributed by atoms with E-state index in [1.54, 1.807) is 10.9 Å². The number of benzene rings is 1. The second-order valence-electron chi connectivity index (χ2n) is 4.52. The zero-order chi connectivity index (χ0) is 14.7. The van der Waals surface area contributed by atoms with Crippen LogP contribution in [0.5, 0.6) is 0 Å². The molecule has 0 radical (unpaired) electrons. The molecule has 21 heavy (non-hydrogen) atoms. The van der Waals surface area contributed by atoms with Crippen molar-refractivity contribution in [1.82, 2.24) is 25.3 Å². The first-order chi connectivity index (χ1) is 10.2. The van der Waals surface area contributed by atoms with Crippen molar-refractivity contribution in [3.8, 4) is 5.69 Å².